The summed E-state index contributed by atoms with van der Waals surface area (Å²) < 4.78 is 36.3. The fourth-order valence-corrected chi connectivity index (χ4v) is 2.46. The third kappa shape index (κ3) is 3.87. The van der Waals surface area contributed by atoms with E-state index in [0.29, 0.717) is 6.42 Å². The first kappa shape index (κ1) is 14.3. The van der Waals surface area contributed by atoms with Gasteiger partial charge in [0.1, 0.15) is 6.42 Å². The molecule has 1 rings (SSSR count). The zero-order valence-corrected chi connectivity index (χ0v) is 9.94. The van der Waals surface area contributed by atoms with E-state index >= 15 is 0 Å². The van der Waals surface area contributed by atoms with Gasteiger partial charge in [-0.25, -0.2) is 0 Å². The average molecular weight is 252 g/mol. The van der Waals surface area contributed by atoms with Crippen LogP contribution in [-0.4, -0.2) is 24.2 Å². The van der Waals surface area contributed by atoms with Crippen molar-refractivity contribution in [2.24, 2.45) is 11.7 Å². The van der Waals surface area contributed by atoms with E-state index in [9.17, 15) is 18.0 Å². The molecule has 2 unspecified atom stereocenters. The van der Waals surface area contributed by atoms with Crippen LogP contribution in [0.4, 0.5) is 13.2 Å². The summed E-state index contributed by atoms with van der Waals surface area (Å²) in [5.41, 5.74) is 4.99. The van der Waals surface area contributed by atoms with Crippen LogP contribution in [-0.2, 0) is 4.79 Å². The second-order valence-corrected chi connectivity index (χ2v) is 4.85. The van der Waals surface area contributed by atoms with E-state index in [-0.39, 0.29) is 12.5 Å². The Morgan fingerprint density at radius 1 is 1.47 bits per heavy atom. The smallest absolute Gasteiger partial charge is 0.349 e. The first-order valence-corrected chi connectivity index (χ1v) is 5.87. The van der Waals surface area contributed by atoms with E-state index in [1.54, 1.807) is 0 Å². The Hall–Kier alpha value is -0.780. The SMILES string of the molecule is CC1CCCCC1(CN)NC(=O)CC(F)(F)F. The molecule has 100 valence electrons. The summed E-state index contributed by atoms with van der Waals surface area (Å²) >= 11 is 0. The molecule has 6 heteroatoms. The number of nitrogens with one attached hydrogen (secondary N) is 1. The number of nitrogens with two attached hydrogens (primary N) is 1. The lowest BCUT2D eigenvalue weighted by Gasteiger charge is -2.42. The number of carbonyl (C=O) groups excluding carboxylic acids is 1. The third-order valence-corrected chi connectivity index (χ3v) is 3.57. The topological polar surface area (TPSA) is 55.1 Å². The monoisotopic (exact) mass is 252 g/mol. The number of halogens is 3. The number of amides is 1. The van der Waals surface area contributed by atoms with Crippen LogP contribution in [0.5, 0.6) is 0 Å². The zero-order chi connectivity index (χ0) is 13.1. The molecule has 17 heavy (non-hydrogen) atoms. The molecule has 1 fully saturated rings. The number of hydrogen-bond acceptors (Lipinski definition) is 2. The standard InChI is InChI=1S/C11H19F3N2O/c1-8-4-2-3-5-10(8,7-15)16-9(17)6-11(12,13)14/h8H,2-7,15H2,1H3,(H,16,17). The molecule has 0 aliphatic heterocycles. The van der Waals surface area contributed by atoms with Gasteiger partial charge in [-0.2, -0.15) is 13.2 Å². The number of hydrogen-bond donors (Lipinski definition) is 2. The summed E-state index contributed by atoms with van der Waals surface area (Å²) in [6.07, 6.45) is -2.40. The van der Waals surface area contributed by atoms with Crippen molar-refractivity contribution in [2.75, 3.05) is 6.54 Å². The molecule has 0 aromatic carbocycles. The minimum Gasteiger partial charge on any atom is -0.349 e. The minimum absolute atomic E-state index is 0.124. The van der Waals surface area contributed by atoms with Crippen LogP contribution < -0.4 is 11.1 Å². The Balaban J connectivity index is 2.65. The zero-order valence-electron chi connectivity index (χ0n) is 9.94. The lowest BCUT2D eigenvalue weighted by atomic mass is 9.73. The van der Waals surface area contributed by atoms with Gasteiger partial charge in [-0.1, -0.05) is 19.8 Å². The largest absolute Gasteiger partial charge is 0.397 e. The van der Waals surface area contributed by atoms with Crippen molar-refractivity contribution in [3.8, 4) is 0 Å². The van der Waals surface area contributed by atoms with Crippen LogP contribution in [0.1, 0.15) is 39.0 Å². The maximum Gasteiger partial charge on any atom is 0.397 e. The summed E-state index contributed by atoms with van der Waals surface area (Å²) in [5.74, 6) is -0.852. The lowest BCUT2D eigenvalue weighted by Crippen LogP contribution is -2.59. The molecule has 0 spiro atoms. The number of rotatable bonds is 3. The Labute approximate surface area is 98.9 Å². The lowest BCUT2D eigenvalue weighted by molar-refractivity contribution is -0.155. The molecule has 0 saturated heterocycles. The van der Waals surface area contributed by atoms with Gasteiger partial charge < -0.3 is 11.1 Å². The predicted molar refractivity (Wildman–Crippen MR) is 58.2 cm³/mol. The van der Waals surface area contributed by atoms with Crippen LogP contribution in [0.3, 0.4) is 0 Å². The summed E-state index contributed by atoms with van der Waals surface area (Å²) in [7, 11) is 0. The molecule has 1 aliphatic carbocycles. The van der Waals surface area contributed by atoms with Crippen molar-refractivity contribution in [1.82, 2.24) is 5.32 Å². The molecule has 1 aliphatic rings. The van der Waals surface area contributed by atoms with E-state index in [0.717, 1.165) is 19.3 Å². The fraction of sp³-hybridized carbons (Fsp3) is 0.909. The van der Waals surface area contributed by atoms with Crippen LogP contribution >= 0.6 is 0 Å². The summed E-state index contributed by atoms with van der Waals surface area (Å²) in [4.78, 5) is 11.3. The van der Waals surface area contributed by atoms with Crippen LogP contribution in [0.2, 0.25) is 0 Å². The average Bonchev–Trinajstić information content (AvgIpc) is 2.19. The second kappa shape index (κ2) is 5.25. The highest BCUT2D eigenvalue weighted by molar-refractivity contribution is 5.77. The van der Waals surface area contributed by atoms with Crippen LogP contribution in [0.25, 0.3) is 0 Å². The van der Waals surface area contributed by atoms with Crippen molar-refractivity contribution >= 4 is 5.91 Å². The van der Waals surface area contributed by atoms with Gasteiger partial charge in [0.25, 0.3) is 0 Å². The van der Waals surface area contributed by atoms with Gasteiger partial charge in [0.2, 0.25) is 5.91 Å². The van der Waals surface area contributed by atoms with Gasteiger partial charge in [0, 0.05) is 6.54 Å². The van der Waals surface area contributed by atoms with E-state index in [2.05, 4.69) is 5.32 Å². The summed E-state index contributed by atoms with van der Waals surface area (Å²) in [6.45, 7) is 2.12. The predicted octanol–water partition coefficient (Wildman–Crippen LogP) is 1.96. The summed E-state index contributed by atoms with van der Waals surface area (Å²) in [5, 5.41) is 2.50. The second-order valence-electron chi connectivity index (χ2n) is 4.85. The summed E-state index contributed by atoms with van der Waals surface area (Å²) in [6, 6.07) is 0. The van der Waals surface area contributed by atoms with E-state index < -0.39 is 24.0 Å². The van der Waals surface area contributed by atoms with Crippen molar-refractivity contribution in [2.45, 2.75) is 50.7 Å². The van der Waals surface area contributed by atoms with Crippen molar-refractivity contribution in [3.05, 3.63) is 0 Å². The Kier molecular flexibility index (Phi) is 4.41. The Bertz CT molecular complexity index is 280. The van der Waals surface area contributed by atoms with Gasteiger partial charge in [-0.05, 0) is 18.8 Å². The quantitative estimate of drug-likeness (QED) is 0.806. The van der Waals surface area contributed by atoms with Gasteiger partial charge in [-0.3, -0.25) is 4.79 Å². The first-order chi connectivity index (χ1) is 7.79. The molecule has 1 saturated carbocycles. The molecule has 2 atom stereocenters. The Morgan fingerprint density at radius 3 is 2.59 bits per heavy atom. The molecule has 0 aromatic rings. The van der Waals surface area contributed by atoms with E-state index in [4.69, 9.17) is 5.73 Å². The van der Waals surface area contributed by atoms with Gasteiger partial charge >= 0.3 is 6.18 Å². The Morgan fingerprint density at radius 2 is 2.12 bits per heavy atom. The molecule has 1 amide bonds. The molecule has 0 aromatic heterocycles. The molecule has 3 nitrogen and oxygen atoms in total. The molecule has 0 bridgehead atoms. The van der Waals surface area contributed by atoms with E-state index in [1.807, 2.05) is 6.92 Å². The maximum absolute atomic E-state index is 12.1. The van der Waals surface area contributed by atoms with Crippen molar-refractivity contribution < 1.29 is 18.0 Å². The number of carbonyl (C=O) groups is 1. The highest BCUT2D eigenvalue weighted by atomic mass is 19.4. The highest BCUT2D eigenvalue weighted by Crippen LogP contribution is 2.33. The van der Waals surface area contributed by atoms with Gasteiger partial charge in [0.05, 0.1) is 5.54 Å². The normalized spacial score (nSPS) is 30.1. The molecular weight excluding hydrogens is 233 g/mol. The van der Waals surface area contributed by atoms with Crippen molar-refractivity contribution in [1.29, 1.82) is 0 Å². The van der Waals surface area contributed by atoms with Gasteiger partial charge in [-0.15, -0.1) is 0 Å². The minimum atomic E-state index is -4.46. The van der Waals surface area contributed by atoms with Crippen LogP contribution in [0, 0.1) is 5.92 Å². The molecule has 3 N–H and O–H groups in total. The maximum atomic E-state index is 12.1. The fourth-order valence-electron chi connectivity index (χ4n) is 2.46. The van der Waals surface area contributed by atoms with Crippen molar-refractivity contribution in [3.63, 3.8) is 0 Å². The molecule has 0 radical (unpaired) electrons. The number of alkyl halides is 3. The van der Waals surface area contributed by atoms with Gasteiger partial charge in [0.15, 0.2) is 0 Å². The molecule has 0 heterocycles. The highest BCUT2D eigenvalue weighted by Gasteiger charge is 2.40. The van der Waals surface area contributed by atoms with Crippen LogP contribution in [0.15, 0.2) is 0 Å². The van der Waals surface area contributed by atoms with E-state index in [1.165, 1.54) is 0 Å². The molecular formula is C11H19F3N2O. The first-order valence-electron chi connectivity index (χ1n) is 5.87. The third-order valence-electron chi connectivity index (χ3n) is 3.57.